The predicted molar refractivity (Wildman–Crippen MR) is 36.0 cm³/mol. The molecule has 0 radical (unpaired) electrons. The van der Waals surface area contributed by atoms with Crippen LogP contribution in [0.3, 0.4) is 0 Å². The predicted octanol–water partition coefficient (Wildman–Crippen LogP) is 0.847. The third-order valence-corrected chi connectivity index (χ3v) is 1.89. The number of aromatic amines is 1. The van der Waals surface area contributed by atoms with E-state index in [9.17, 15) is 4.79 Å². The van der Waals surface area contributed by atoms with Gasteiger partial charge in [0.05, 0.1) is 11.3 Å². The molecule has 0 atom stereocenters. The highest BCUT2D eigenvalue weighted by molar-refractivity contribution is 6.00. The number of nitrogens with zero attached hydrogens (tertiary/aromatic N) is 1. The Bertz CT molecular complexity index is 288. The molecule has 0 unspecified atom stereocenters. The Morgan fingerprint density at radius 1 is 1.50 bits per heavy atom. The van der Waals surface area contributed by atoms with Gasteiger partial charge < -0.3 is 0 Å². The number of carbonyl (C=O) groups is 1. The van der Waals surface area contributed by atoms with Gasteiger partial charge in [-0.15, -0.1) is 0 Å². The van der Waals surface area contributed by atoms with Crippen LogP contribution < -0.4 is 0 Å². The Labute approximate surface area is 58.4 Å². The molecule has 0 amide bonds. The number of aryl methyl sites for hydroxylation is 2. The van der Waals surface area contributed by atoms with Crippen LogP contribution >= 0.6 is 0 Å². The van der Waals surface area contributed by atoms with Crippen molar-refractivity contribution in [2.45, 2.75) is 19.8 Å². The monoisotopic (exact) mass is 136 g/mol. The molecule has 3 heteroatoms. The molecule has 0 saturated carbocycles. The number of ketones is 1. The van der Waals surface area contributed by atoms with Crippen LogP contribution in [-0.4, -0.2) is 16.0 Å². The van der Waals surface area contributed by atoms with Gasteiger partial charge in [-0.3, -0.25) is 9.89 Å². The van der Waals surface area contributed by atoms with E-state index in [1.807, 2.05) is 6.92 Å². The molecule has 3 nitrogen and oxygen atoms in total. The SMILES string of the molecule is Cc1[nH]nc2c1C(=O)CC2. The van der Waals surface area contributed by atoms with Crippen molar-refractivity contribution in [3.05, 3.63) is 17.0 Å². The van der Waals surface area contributed by atoms with Crippen molar-refractivity contribution in [3.8, 4) is 0 Å². The number of H-pyrrole nitrogens is 1. The van der Waals surface area contributed by atoms with E-state index in [0.29, 0.717) is 6.42 Å². The van der Waals surface area contributed by atoms with Crippen LogP contribution in [-0.2, 0) is 6.42 Å². The Hall–Kier alpha value is -1.12. The highest BCUT2D eigenvalue weighted by Crippen LogP contribution is 2.21. The molecule has 1 aromatic heterocycles. The van der Waals surface area contributed by atoms with E-state index in [-0.39, 0.29) is 5.78 Å². The maximum absolute atomic E-state index is 11.1. The lowest BCUT2D eigenvalue weighted by Crippen LogP contribution is -1.92. The summed E-state index contributed by atoms with van der Waals surface area (Å²) in [5, 5.41) is 6.80. The van der Waals surface area contributed by atoms with Crippen molar-refractivity contribution in [2.24, 2.45) is 0 Å². The summed E-state index contributed by atoms with van der Waals surface area (Å²) in [5.41, 5.74) is 2.69. The van der Waals surface area contributed by atoms with Crippen molar-refractivity contribution >= 4 is 5.78 Å². The van der Waals surface area contributed by atoms with Crippen LogP contribution in [0.1, 0.15) is 28.2 Å². The summed E-state index contributed by atoms with van der Waals surface area (Å²) in [4.78, 5) is 11.1. The third-order valence-electron chi connectivity index (χ3n) is 1.89. The molecular weight excluding hydrogens is 128 g/mol. The summed E-state index contributed by atoms with van der Waals surface area (Å²) in [6.45, 7) is 1.88. The molecule has 1 heterocycles. The molecule has 52 valence electrons. The maximum Gasteiger partial charge on any atom is 0.166 e. The molecule has 2 rings (SSSR count). The van der Waals surface area contributed by atoms with E-state index in [1.165, 1.54) is 0 Å². The second-order valence-corrected chi connectivity index (χ2v) is 2.59. The standard InChI is InChI=1S/C7H8N2O/c1-4-7-5(9-8-4)2-3-6(7)10/h2-3H2,1H3,(H,8,9). The molecule has 1 aromatic rings. The van der Waals surface area contributed by atoms with Gasteiger partial charge in [0.1, 0.15) is 0 Å². The van der Waals surface area contributed by atoms with Crippen molar-refractivity contribution in [3.63, 3.8) is 0 Å². The molecule has 10 heavy (non-hydrogen) atoms. The Morgan fingerprint density at radius 2 is 2.30 bits per heavy atom. The molecule has 0 fully saturated rings. The maximum atomic E-state index is 11.1. The molecule has 1 aliphatic rings. The van der Waals surface area contributed by atoms with Crippen LogP contribution in [0.4, 0.5) is 0 Å². The highest BCUT2D eigenvalue weighted by atomic mass is 16.1. The summed E-state index contributed by atoms with van der Waals surface area (Å²) in [5.74, 6) is 0.237. The lowest BCUT2D eigenvalue weighted by Gasteiger charge is -1.86. The zero-order valence-corrected chi connectivity index (χ0v) is 5.77. The summed E-state index contributed by atoms with van der Waals surface area (Å²) in [6.07, 6.45) is 1.46. The van der Waals surface area contributed by atoms with Gasteiger partial charge >= 0.3 is 0 Å². The van der Waals surface area contributed by atoms with Crippen LogP contribution in [0, 0.1) is 6.92 Å². The Kier molecular flexibility index (Phi) is 0.952. The normalized spacial score (nSPS) is 15.9. The molecule has 0 bridgehead atoms. The van der Waals surface area contributed by atoms with E-state index in [0.717, 1.165) is 23.4 Å². The van der Waals surface area contributed by atoms with E-state index in [2.05, 4.69) is 10.2 Å². The van der Waals surface area contributed by atoms with Gasteiger partial charge in [0.2, 0.25) is 0 Å². The summed E-state index contributed by atoms with van der Waals surface area (Å²) < 4.78 is 0. The zero-order valence-electron chi connectivity index (χ0n) is 5.77. The number of fused-ring (bicyclic) bond motifs is 1. The fourth-order valence-electron chi connectivity index (χ4n) is 1.39. The molecule has 1 N–H and O–H groups in total. The van der Waals surface area contributed by atoms with Crippen molar-refractivity contribution in [1.29, 1.82) is 0 Å². The number of hydrogen-bond acceptors (Lipinski definition) is 2. The van der Waals surface area contributed by atoms with Crippen LogP contribution in [0.5, 0.6) is 0 Å². The average Bonchev–Trinajstić information content (AvgIpc) is 2.40. The van der Waals surface area contributed by atoms with Crippen molar-refractivity contribution < 1.29 is 4.79 Å². The number of carbonyl (C=O) groups excluding carboxylic acids is 1. The van der Waals surface area contributed by atoms with E-state index in [4.69, 9.17) is 0 Å². The van der Waals surface area contributed by atoms with E-state index < -0.39 is 0 Å². The van der Waals surface area contributed by atoms with Gasteiger partial charge in [-0.1, -0.05) is 0 Å². The summed E-state index contributed by atoms with van der Waals surface area (Å²) in [6, 6.07) is 0. The zero-order chi connectivity index (χ0) is 7.14. The minimum absolute atomic E-state index is 0.237. The van der Waals surface area contributed by atoms with E-state index in [1.54, 1.807) is 0 Å². The average molecular weight is 136 g/mol. The van der Waals surface area contributed by atoms with Crippen molar-refractivity contribution in [2.75, 3.05) is 0 Å². The number of nitrogens with one attached hydrogen (secondary N) is 1. The van der Waals surface area contributed by atoms with Gasteiger partial charge in [0, 0.05) is 12.1 Å². The molecule has 1 aliphatic carbocycles. The second kappa shape index (κ2) is 1.68. The summed E-state index contributed by atoms with van der Waals surface area (Å²) in [7, 11) is 0. The topological polar surface area (TPSA) is 45.8 Å². The summed E-state index contributed by atoms with van der Waals surface area (Å²) >= 11 is 0. The molecule has 0 saturated heterocycles. The Morgan fingerprint density at radius 3 is 3.00 bits per heavy atom. The fourth-order valence-corrected chi connectivity index (χ4v) is 1.39. The molecule has 0 aromatic carbocycles. The number of Topliss-reactive ketones (excluding diaryl/α,β-unsaturated/α-hetero) is 1. The number of hydrogen-bond donors (Lipinski definition) is 1. The van der Waals surface area contributed by atoms with Gasteiger partial charge in [0.25, 0.3) is 0 Å². The largest absolute Gasteiger partial charge is 0.294 e. The van der Waals surface area contributed by atoms with E-state index >= 15 is 0 Å². The van der Waals surface area contributed by atoms with Gasteiger partial charge in [-0.2, -0.15) is 5.10 Å². The first-order chi connectivity index (χ1) is 4.79. The minimum Gasteiger partial charge on any atom is -0.294 e. The Balaban J connectivity index is 2.65. The van der Waals surface area contributed by atoms with Crippen LogP contribution in [0.2, 0.25) is 0 Å². The number of rotatable bonds is 0. The fraction of sp³-hybridized carbons (Fsp3) is 0.429. The molecule has 0 spiro atoms. The van der Waals surface area contributed by atoms with Gasteiger partial charge in [0.15, 0.2) is 5.78 Å². The highest BCUT2D eigenvalue weighted by Gasteiger charge is 2.23. The first-order valence-electron chi connectivity index (χ1n) is 3.36. The first-order valence-corrected chi connectivity index (χ1v) is 3.36. The molecule has 0 aliphatic heterocycles. The van der Waals surface area contributed by atoms with Gasteiger partial charge in [-0.25, -0.2) is 0 Å². The second-order valence-electron chi connectivity index (χ2n) is 2.59. The molecular formula is C7H8N2O. The minimum atomic E-state index is 0.237. The van der Waals surface area contributed by atoms with Crippen LogP contribution in [0.25, 0.3) is 0 Å². The third kappa shape index (κ3) is 0.546. The van der Waals surface area contributed by atoms with Crippen molar-refractivity contribution in [1.82, 2.24) is 10.2 Å². The number of aromatic nitrogens is 2. The van der Waals surface area contributed by atoms with Crippen LogP contribution in [0.15, 0.2) is 0 Å². The smallest absolute Gasteiger partial charge is 0.166 e. The lowest BCUT2D eigenvalue weighted by molar-refractivity contribution is 0.0994. The van der Waals surface area contributed by atoms with Gasteiger partial charge in [-0.05, 0) is 13.3 Å². The quantitative estimate of drug-likeness (QED) is 0.574. The lowest BCUT2D eigenvalue weighted by atomic mass is 10.2. The first kappa shape index (κ1) is 5.65.